The van der Waals surface area contributed by atoms with Crippen LogP contribution in [0.3, 0.4) is 0 Å². The fourth-order valence-corrected chi connectivity index (χ4v) is 3.95. The lowest BCUT2D eigenvalue weighted by Gasteiger charge is -2.15. The second-order valence-corrected chi connectivity index (χ2v) is 7.40. The van der Waals surface area contributed by atoms with Gasteiger partial charge in [0.05, 0.1) is 11.2 Å². The van der Waals surface area contributed by atoms with Crippen molar-refractivity contribution in [3.8, 4) is 5.75 Å². The highest BCUT2D eigenvalue weighted by Crippen LogP contribution is 2.35. The van der Waals surface area contributed by atoms with E-state index in [1.54, 1.807) is 12.1 Å². The molecule has 8 heteroatoms. The summed E-state index contributed by atoms with van der Waals surface area (Å²) in [6.45, 7) is 0. The lowest BCUT2D eigenvalue weighted by atomic mass is 9.94. The van der Waals surface area contributed by atoms with Gasteiger partial charge in [-0.25, -0.2) is 0 Å². The number of carbonyl (C=O) groups is 2. The van der Waals surface area contributed by atoms with Crippen LogP contribution in [-0.2, 0) is 6.42 Å². The van der Waals surface area contributed by atoms with Crippen LogP contribution in [0, 0.1) is 0 Å². The van der Waals surface area contributed by atoms with Crippen molar-refractivity contribution in [3.63, 3.8) is 0 Å². The first-order valence-electron chi connectivity index (χ1n) is 8.51. The molecular weight excluding hydrogens is 439 g/mol. The highest BCUT2D eigenvalue weighted by Gasteiger charge is 2.32. The van der Waals surface area contributed by atoms with Crippen LogP contribution in [0.25, 0.3) is 10.9 Å². The molecule has 0 amide bonds. The summed E-state index contributed by atoms with van der Waals surface area (Å²) in [5.41, 5.74) is 1.66. The molecule has 0 atom stereocenters. The van der Waals surface area contributed by atoms with E-state index in [0.717, 1.165) is 27.6 Å². The van der Waals surface area contributed by atoms with Gasteiger partial charge in [-0.15, -0.1) is 13.2 Å². The summed E-state index contributed by atoms with van der Waals surface area (Å²) in [7, 11) is 0. The van der Waals surface area contributed by atoms with Gasteiger partial charge in [0.15, 0.2) is 5.78 Å². The predicted octanol–water partition coefficient (Wildman–Crippen LogP) is 5.51. The summed E-state index contributed by atoms with van der Waals surface area (Å²) < 4.78 is 43.6. The highest BCUT2D eigenvalue weighted by molar-refractivity contribution is 9.10. The molecule has 0 N–H and O–H groups in total. The van der Waals surface area contributed by atoms with Crippen molar-refractivity contribution in [1.82, 2.24) is 4.57 Å². The molecule has 0 spiro atoms. The van der Waals surface area contributed by atoms with Gasteiger partial charge in [-0.2, -0.15) is 0 Å². The number of halogens is 4. The monoisotopic (exact) mass is 451 g/mol. The topological polar surface area (TPSA) is 48.3 Å². The number of nitrogens with zero attached hydrogens (tertiary/aromatic N) is 1. The zero-order valence-corrected chi connectivity index (χ0v) is 15.9. The minimum atomic E-state index is -4.86. The molecular formula is C20H13BrF3NO3. The van der Waals surface area contributed by atoms with Gasteiger partial charge >= 0.3 is 6.36 Å². The number of alkyl halides is 3. The molecule has 1 heterocycles. The van der Waals surface area contributed by atoms with Crippen LogP contribution >= 0.6 is 15.9 Å². The standard InChI is InChI=1S/C20H13BrF3NO3/c21-12-7-8-16-15(10-12)14-5-2-6-17(26)18(14)25(16)19(27)11-3-1-4-13(9-11)28-20(22,23)24/h1,3-4,7-10H,2,5-6H2. The Hall–Kier alpha value is -2.61. The fourth-order valence-electron chi connectivity index (χ4n) is 3.58. The van der Waals surface area contributed by atoms with Crippen molar-refractivity contribution in [2.75, 3.05) is 0 Å². The Bertz CT molecular complexity index is 1120. The minimum absolute atomic E-state index is 0.00254. The molecule has 0 fully saturated rings. The summed E-state index contributed by atoms with van der Waals surface area (Å²) >= 11 is 3.40. The lowest BCUT2D eigenvalue weighted by Crippen LogP contribution is -2.21. The van der Waals surface area contributed by atoms with E-state index >= 15 is 0 Å². The van der Waals surface area contributed by atoms with E-state index in [1.165, 1.54) is 16.7 Å². The first kappa shape index (κ1) is 18.7. The molecule has 4 nitrogen and oxygen atoms in total. The largest absolute Gasteiger partial charge is 0.573 e. The second-order valence-electron chi connectivity index (χ2n) is 6.48. The maximum atomic E-state index is 13.2. The van der Waals surface area contributed by atoms with Gasteiger partial charge in [-0.3, -0.25) is 14.2 Å². The fraction of sp³-hybridized carbons (Fsp3) is 0.200. The molecule has 144 valence electrons. The van der Waals surface area contributed by atoms with Crippen LogP contribution in [0.1, 0.15) is 39.3 Å². The number of carbonyl (C=O) groups excluding carboxylic acids is 2. The van der Waals surface area contributed by atoms with Crippen molar-refractivity contribution in [2.24, 2.45) is 0 Å². The summed E-state index contributed by atoms with van der Waals surface area (Å²) in [6.07, 6.45) is -3.18. The molecule has 28 heavy (non-hydrogen) atoms. The van der Waals surface area contributed by atoms with Crippen molar-refractivity contribution >= 4 is 38.5 Å². The number of Topliss-reactive ketones (excluding diaryl/α,β-unsaturated/α-hetero) is 1. The van der Waals surface area contributed by atoms with Crippen LogP contribution in [0.2, 0.25) is 0 Å². The molecule has 0 bridgehead atoms. The lowest BCUT2D eigenvalue weighted by molar-refractivity contribution is -0.274. The third kappa shape index (κ3) is 3.32. The van der Waals surface area contributed by atoms with Crippen LogP contribution in [0.5, 0.6) is 5.75 Å². The number of benzene rings is 2. The number of aryl methyl sites for hydroxylation is 1. The minimum Gasteiger partial charge on any atom is -0.406 e. The SMILES string of the molecule is O=C1CCCc2c1n(C(=O)c1cccc(OC(F)(F)F)c1)c1ccc(Br)cc21. The van der Waals surface area contributed by atoms with E-state index in [-0.39, 0.29) is 11.3 Å². The molecule has 1 aliphatic carbocycles. The average Bonchev–Trinajstić information content (AvgIpc) is 2.95. The van der Waals surface area contributed by atoms with E-state index in [9.17, 15) is 22.8 Å². The van der Waals surface area contributed by atoms with Crippen LogP contribution in [-0.4, -0.2) is 22.6 Å². The Morgan fingerprint density at radius 1 is 1.11 bits per heavy atom. The summed E-state index contributed by atoms with van der Waals surface area (Å²) in [4.78, 5) is 25.8. The maximum absolute atomic E-state index is 13.2. The molecule has 1 aliphatic rings. The van der Waals surface area contributed by atoms with E-state index in [4.69, 9.17) is 0 Å². The number of hydrogen-bond acceptors (Lipinski definition) is 3. The second kappa shape index (κ2) is 6.77. The van der Waals surface area contributed by atoms with Gasteiger partial charge in [-0.1, -0.05) is 22.0 Å². The Morgan fingerprint density at radius 2 is 1.89 bits per heavy atom. The number of hydrogen-bond donors (Lipinski definition) is 0. The van der Waals surface area contributed by atoms with Gasteiger partial charge in [0.25, 0.3) is 5.91 Å². The van der Waals surface area contributed by atoms with Gasteiger partial charge in [0, 0.05) is 21.8 Å². The number of ether oxygens (including phenoxy) is 1. The maximum Gasteiger partial charge on any atom is 0.573 e. The molecule has 0 saturated heterocycles. The van der Waals surface area contributed by atoms with E-state index in [0.29, 0.717) is 30.5 Å². The summed E-state index contributed by atoms with van der Waals surface area (Å²) in [6, 6.07) is 10.2. The molecule has 0 radical (unpaired) electrons. The molecule has 2 aromatic carbocycles. The number of aromatic nitrogens is 1. The van der Waals surface area contributed by atoms with Crippen LogP contribution < -0.4 is 4.74 Å². The average molecular weight is 452 g/mol. The summed E-state index contributed by atoms with van der Waals surface area (Å²) in [5.74, 6) is -1.21. The normalized spacial score (nSPS) is 14.2. The first-order chi connectivity index (χ1) is 13.2. The first-order valence-corrected chi connectivity index (χ1v) is 9.30. The summed E-state index contributed by atoms with van der Waals surface area (Å²) in [5, 5.41) is 0.786. The highest BCUT2D eigenvalue weighted by atomic mass is 79.9. The van der Waals surface area contributed by atoms with Crippen molar-refractivity contribution < 1.29 is 27.5 Å². The molecule has 0 aliphatic heterocycles. The van der Waals surface area contributed by atoms with Crippen LogP contribution in [0.15, 0.2) is 46.9 Å². The van der Waals surface area contributed by atoms with Gasteiger partial charge in [-0.05, 0) is 54.8 Å². The van der Waals surface area contributed by atoms with E-state index in [1.807, 2.05) is 6.07 Å². The zero-order chi connectivity index (χ0) is 20.1. The van der Waals surface area contributed by atoms with Crippen molar-refractivity contribution in [3.05, 3.63) is 63.8 Å². The third-order valence-corrected chi connectivity index (χ3v) is 5.14. The van der Waals surface area contributed by atoms with Gasteiger partial charge in [0.2, 0.25) is 0 Å². The quantitative estimate of drug-likeness (QED) is 0.516. The van der Waals surface area contributed by atoms with E-state index < -0.39 is 18.0 Å². The van der Waals surface area contributed by atoms with Crippen molar-refractivity contribution in [1.29, 1.82) is 0 Å². The zero-order valence-electron chi connectivity index (χ0n) is 14.3. The smallest absolute Gasteiger partial charge is 0.406 e. The Morgan fingerprint density at radius 3 is 2.64 bits per heavy atom. The molecule has 4 rings (SSSR count). The molecule has 0 unspecified atom stereocenters. The molecule has 1 aromatic heterocycles. The Labute approximate surface area is 166 Å². The number of ketones is 1. The Kier molecular flexibility index (Phi) is 4.53. The molecule has 0 saturated carbocycles. The van der Waals surface area contributed by atoms with Gasteiger partial charge < -0.3 is 4.74 Å². The number of fused-ring (bicyclic) bond motifs is 3. The number of rotatable bonds is 2. The van der Waals surface area contributed by atoms with Crippen LogP contribution in [0.4, 0.5) is 13.2 Å². The van der Waals surface area contributed by atoms with Gasteiger partial charge in [0.1, 0.15) is 5.75 Å². The third-order valence-electron chi connectivity index (χ3n) is 4.65. The van der Waals surface area contributed by atoms with Crippen molar-refractivity contribution in [2.45, 2.75) is 25.6 Å². The van der Waals surface area contributed by atoms with E-state index in [2.05, 4.69) is 20.7 Å². The molecule has 3 aromatic rings. The predicted molar refractivity (Wildman–Crippen MR) is 99.8 cm³/mol. The Balaban J connectivity index is 1.88.